The molecule has 0 amide bonds. The Morgan fingerprint density at radius 3 is 1.85 bits per heavy atom. The fourth-order valence-electron chi connectivity index (χ4n) is 2.78. The Hall–Kier alpha value is -2.79. The number of aryl methyl sites for hydroxylation is 1. The first-order chi connectivity index (χ1) is 12.9. The van der Waals surface area contributed by atoms with Gasteiger partial charge in [-0.15, -0.1) is 0 Å². The number of hydrogen-bond acceptors (Lipinski definition) is 3. The second-order valence-corrected chi connectivity index (χ2v) is 8.51. The number of nitrogens with one attached hydrogen (secondary N) is 1. The molecule has 0 aromatic heterocycles. The third-order valence-electron chi connectivity index (χ3n) is 4.58. The lowest BCUT2D eigenvalue weighted by Gasteiger charge is -2.16. The summed E-state index contributed by atoms with van der Waals surface area (Å²) in [6.07, 6.45) is 0. The molecule has 1 unspecified atom stereocenters. The van der Waals surface area contributed by atoms with Crippen LogP contribution in [-0.2, 0) is 10.0 Å². The fraction of sp³-hybridized carbons (Fsp3) is 0.182. The largest absolute Gasteiger partial charge is 0.497 e. The van der Waals surface area contributed by atoms with Crippen LogP contribution in [0, 0.1) is 6.92 Å². The molecule has 0 bridgehead atoms. The first kappa shape index (κ1) is 19.0. The van der Waals surface area contributed by atoms with Crippen LogP contribution in [-0.4, -0.2) is 15.5 Å². The molecular formula is C22H23NO3S. The lowest BCUT2D eigenvalue weighted by molar-refractivity contribution is 0.415. The molecule has 0 spiro atoms. The van der Waals surface area contributed by atoms with Crippen molar-refractivity contribution in [3.05, 3.63) is 83.9 Å². The summed E-state index contributed by atoms with van der Waals surface area (Å²) in [4.78, 5) is 0. The van der Waals surface area contributed by atoms with E-state index >= 15 is 0 Å². The molecule has 0 radical (unpaired) electrons. The first-order valence-corrected chi connectivity index (χ1v) is 10.3. The van der Waals surface area contributed by atoms with Crippen molar-refractivity contribution in [2.45, 2.75) is 19.1 Å². The molecule has 0 aliphatic rings. The second kappa shape index (κ2) is 7.84. The zero-order chi connectivity index (χ0) is 19.4. The molecule has 0 fully saturated rings. The van der Waals surface area contributed by atoms with Gasteiger partial charge in [-0.2, -0.15) is 0 Å². The maximum absolute atomic E-state index is 12.7. The van der Waals surface area contributed by atoms with Crippen molar-refractivity contribution >= 4 is 15.7 Å². The third-order valence-corrected chi connectivity index (χ3v) is 6.30. The number of rotatable bonds is 6. The molecule has 3 aromatic rings. The van der Waals surface area contributed by atoms with Gasteiger partial charge in [0, 0.05) is 5.69 Å². The minimum atomic E-state index is -3.53. The Labute approximate surface area is 160 Å². The highest BCUT2D eigenvalue weighted by atomic mass is 32.2. The molecule has 0 aliphatic carbocycles. The Balaban J connectivity index is 1.75. The van der Waals surface area contributed by atoms with Gasteiger partial charge in [0.05, 0.1) is 7.11 Å². The minimum absolute atomic E-state index is 0.547. The summed E-state index contributed by atoms with van der Waals surface area (Å²) in [5.74, 6) is 0.799. The van der Waals surface area contributed by atoms with Gasteiger partial charge in [-0.05, 0) is 54.8 Å². The van der Waals surface area contributed by atoms with E-state index in [0.29, 0.717) is 5.69 Å². The van der Waals surface area contributed by atoms with E-state index in [1.165, 1.54) is 0 Å². The summed E-state index contributed by atoms with van der Waals surface area (Å²) in [5.41, 5.74) is 4.46. The summed E-state index contributed by atoms with van der Waals surface area (Å²) in [6, 6.07) is 22.6. The van der Waals surface area contributed by atoms with E-state index in [4.69, 9.17) is 4.74 Å². The van der Waals surface area contributed by atoms with Crippen molar-refractivity contribution < 1.29 is 13.2 Å². The van der Waals surface area contributed by atoms with Gasteiger partial charge in [-0.3, -0.25) is 4.72 Å². The molecule has 0 aliphatic heterocycles. The van der Waals surface area contributed by atoms with Crippen molar-refractivity contribution in [1.82, 2.24) is 0 Å². The van der Waals surface area contributed by atoms with Gasteiger partial charge < -0.3 is 4.74 Å². The van der Waals surface area contributed by atoms with Gasteiger partial charge in [-0.1, -0.05) is 54.1 Å². The number of ether oxygens (including phenoxy) is 1. The number of sulfonamides is 1. The number of hydrogen-bond donors (Lipinski definition) is 1. The van der Waals surface area contributed by atoms with Gasteiger partial charge in [0.25, 0.3) is 0 Å². The van der Waals surface area contributed by atoms with Crippen molar-refractivity contribution in [3.8, 4) is 16.9 Å². The van der Waals surface area contributed by atoms with Crippen LogP contribution < -0.4 is 9.46 Å². The van der Waals surface area contributed by atoms with E-state index in [-0.39, 0.29) is 0 Å². The van der Waals surface area contributed by atoms with Gasteiger partial charge >= 0.3 is 0 Å². The Morgan fingerprint density at radius 1 is 0.815 bits per heavy atom. The maximum atomic E-state index is 12.7. The standard InChI is InChI=1S/C22H23NO3S/c1-16-4-6-18(7-5-16)17(2)27(24,25)23-21-12-8-19(9-13-21)20-10-14-22(26-3)15-11-20/h4-15,17,23H,1-3H3. The SMILES string of the molecule is COc1ccc(-c2ccc(NS(=O)(=O)C(C)c3ccc(C)cc3)cc2)cc1. The minimum Gasteiger partial charge on any atom is -0.497 e. The summed E-state index contributed by atoms with van der Waals surface area (Å²) >= 11 is 0. The van der Waals surface area contributed by atoms with E-state index in [0.717, 1.165) is 28.0 Å². The second-order valence-electron chi connectivity index (χ2n) is 6.51. The summed E-state index contributed by atoms with van der Waals surface area (Å²) in [7, 11) is -1.90. The molecule has 3 rings (SSSR count). The predicted molar refractivity (Wildman–Crippen MR) is 111 cm³/mol. The van der Waals surface area contributed by atoms with Crippen molar-refractivity contribution in [2.75, 3.05) is 11.8 Å². The summed E-state index contributed by atoms with van der Waals surface area (Å²) < 4.78 is 33.2. The smallest absolute Gasteiger partial charge is 0.239 e. The van der Waals surface area contributed by atoms with Crippen LogP contribution in [0.2, 0.25) is 0 Å². The molecule has 4 nitrogen and oxygen atoms in total. The number of methoxy groups -OCH3 is 1. The van der Waals surface area contributed by atoms with Gasteiger partial charge in [0.2, 0.25) is 10.0 Å². The molecule has 140 valence electrons. The zero-order valence-electron chi connectivity index (χ0n) is 15.6. The van der Waals surface area contributed by atoms with Gasteiger partial charge in [0.1, 0.15) is 11.0 Å². The quantitative estimate of drug-likeness (QED) is 0.640. The maximum Gasteiger partial charge on any atom is 0.239 e. The number of benzene rings is 3. The van der Waals surface area contributed by atoms with Crippen LogP contribution in [0.3, 0.4) is 0 Å². The molecule has 0 saturated carbocycles. The van der Waals surface area contributed by atoms with Crippen molar-refractivity contribution in [3.63, 3.8) is 0 Å². The van der Waals surface area contributed by atoms with E-state index in [2.05, 4.69) is 4.72 Å². The first-order valence-electron chi connectivity index (χ1n) is 8.72. The molecule has 3 aromatic carbocycles. The molecule has 27 heavy (non-hydrogen) atoms. The van der Waals surface area contributed by atoms with Crippen LogP contribution >= 0.6 is 0 Å². The topological polar surface area (TPSA) is 55.4 Å². The Bertz CT molecular complexity index is 993. The Kier molecular flexibility index (Phi) is 5.51. The van der Waals surface area contributed by atoms with Gasteiger partial charge in [0.15, 0.2) is 0 Å². The average molecular weight is 381 g/mol. The van der Waals surface area contributed by atoms with Crippen LogP contribution in [0.25, 0.3) is 11.1 Å². The van der Waals surface area contributed by atoms with Crippen LogP contribution in [0.15, 0.2) is 72.8 Å². The Morgan fingerprint density at radius 2 is 1.33 bits per heavy atom. The fourth-order valence-corrected chi connectivity index (χ4v) is 3.94. The highest BCUT2D eigenvalue weighted by Gasteiger charge is 2.22. The van der Waals surface area contributed by atoms with Crippen LogP contribution in [0.4, 0.5) is 5.69 Å². The van der Waals surface area contributed by atoms with Crippen molar-refractivity contribution in [1.29, 1.82) is 0 Å². The lowest BCUT2D eigenvalue weighted by atomic mass is 10.1. The highest BCUT2D eigenvalue weighted by Crippen LogP contribution is 2.27. The van der Waals surface area contributed by atoms with Crippen LogP contribution in [0.1, 0.15) is 23.3 Å². The van der Waals surface area contributed by atoms with E-state index in [9.17, 15) is 8.42 Å². The number of anilines is 1. The highest BCUT2D eigenvalue weighted by molar-refractivity contribution is 7.92. The van der Waals surface area contributed by atoms with E-state index < -0.39 is 15.3 Å². The summed E-state index contributed by atoms with van der Waals surface area (Å²) in [6.45, 7) is 3.67. The monoisotopic (exact) mass is 381 g/mol. The molecule has 5 heteroatoms. The van der Waals surface area contributed by atoms with E-state index in [1.807, 2.05) is 67.6 Å². The van der Waals surface area contributed by atoms with E-state index in [1.54, 1.807) is 26.2 Å². The molecule has 1 atom stereocenters. The third kappa shape index (κ3) is 4.49. The average Bonchev–Trinajstić information content (AvgIpc) is 2.68. The van der Waals surface area contributed by atoms with Crippen LogP contribution in [0.5, 0.6) is 5.75 Å². The lowest BCUT2D eigenvalue weighted by Crippen LogP contribution is -2.19. The normalized spacial score (nSPS) is 12.4. The molecule has 0 heterocycles. The zero-order valence-corrected chi connectivity index (χ0v) is 16.5. The molecule has 0 saturated heterocycles. The van der Waals surface area contributed by atoms with Crippen molar-refractivity contribution in [2.24, 2.45) is 0 Å². The predicted octanol–water partition coefficient (Wildman–Crippen LogP) is 5.17. The molecule has 1 N–H and O–H groups in total. The van der Waals surface area contributed by atoms with Gasteiger partial charge in [-0.25, -0.2) is 8.42 Å². The summed E-state index contributed by atoms with van der Waals surface area (Å²) in [5, 5.41) is -0.639. The molecular weight excluding hydrogens is 358 g/mol.